The summed E-state index contributed by atoms with van der Waals surface area (Å²) in [5, 5.41) is 4.70. The van der Waals surface area contributed by atoms with Crippen LogP contribution in [0.3, 0.4) is 0 Å². The third-order valence-corrected chi connectivity index (χ3v) is 2.74. The second-order valence-electron chi connectivity index (χ2n) is 4.73. The Morgan fingerprint density at radius 2 is 2.00 bits per heavy atom. The smallest absolute Gasteiger partial charge is 0.158 e. The highest BCUT2D eigenvalue weighted by molar-refractivity contribution is 9.10. The van der Waals surface area contributed by atoms with Gasteiger partial charge in [-0.05, 0) is 15.9 Å². The maximum Gasteiger partial charge on any atom is 0.158 e. The van der Waals surface area contributed by atoms with Gasteiger partial charge in [-0.1, -0.05) is 32.4 Å². The molecule has 0 aliphatic rings. The van der Waals surface area contributed by atoms with Gasteiger partial charge in [-0.15, -0.1) is 0 Å². The third-order valence-electron chi connectivity index (χ3n) is 2.14. The zero-order chi connectivity index (χ0) is 12.6. The van der Waals surface area contributed by atoms with Gasteiger partial charge in [0.2, 0.25) is 0 Å². The van der Waals surface area contributed by atoms with Gasteiger partial charge in [0.15, 0.2) is 5.82 Å². The van der Waals surface area contributed by atoms with Crippen molar-refractivity contribution >= 4 is 27.5 Å². The lowest BCUT2D eigenvalue weighted by Crippen LogP contribution is -2.17. The van der Waals surface area contributed by atoms with Crippen molar-refractivity contribution in [1.29, 1.82) is 0 Å². The van der Waals surface area contributed by atoms with Crippen LogP contribution in [0.4, 0.5) is 0 Å². The van der Waals surface area contributed by atoms with E-state index < -0.39 is 0 Å². The number of nitrogens with zero attached hydrogens (tertiary/aromatic N) is 4. The highest BCUT2D eigenvalue weighted by Gasteiger charge is 2.19. The molecule has 17 heavy (non-hydrogen) atoms. The fraction of sp³-hybridized carbons (Fsp3) is 0.364. The van der Waals surface area contributed by atoms with Crippen molar-refractivity contribution in [3.05, 3.63) is 33.9 Å². The molecule has 90 valence electrons. The first-order chi connectivity index (χ1) is 7.86. The number of hydrogen-bond acceptors (Lipinski definition) is 3. The van der Waals surface area contributed by atoms with Crippen molar-refractivity contribution in [2.45, 2.75) is 26.2 Å². The molecule has 0 atom stereocenters. The van der Waals surface area contributed by atoms with Crippen LogP contribution in [0.25, 0.3) is 5.82 Å². The maximum absolute atomic E-state index is 5.84. The van der Waals surface area contributed by atoms with Crippen LogP contribution >= 0.6 is 27.5 Å². The van der Waals surface area contributed by atoms with Crippen LogP contribution in [0.2, 0.25) is 5.02 Å². The van der Waals surface area contributed by atoms with Crippen molar-refractivity contribution in [3.8, 4) is 5.82 Å². The van der Waals surface area contributed by atoms with Crippen molar-refractivity contribution < 1.29 is 0 Å². The highest BCUT2D eigenvalue weighted by atomic mass is 79.9. The Kier molecular flexibility index (Phi) is 3.23. The van der Waals surface area contributed by atoms with E-state index >= 15 is 0 Å². The van der Waals surface area contributed by atoms with Crippen LogP contribution < -0.4 is 0 Å². The van der Waals surface area contributed by atoms with E-state index in [9.17, 15) is 0 Å². The monoisotopic (exact) mass is 314 g/mol. The van der Waals surface area contributed by atoms with E-state index in [0.717, 1.165) is 10.4 Å². The van der Waals surface area contributed by atoms with Gasteiger partial charge in [-0.3, -0.25) is 0 Å². The molecule has 0 unspecified atom stereocenters. The van der Waals surface area contributed by atoms with Crippen molar-refractivity contribution in [2.24, 2.45) is 0 Å². The first-order valence-electron chi connectivity index (χ1n) is 5.12. The highest BCUT2D eigenvalue weighted by Crippen LogP contribution is 2.22. The zero-order valence-corrected chi connectivity index (χ0v) is 12.1. The molecular weight excluding hydrogens is 304 g/mol. The first-order valence-corrected chi connectivity index (χ1v) is 6.29. The second-order valence-corrected chi connectivity index (χ2v) is 5.97. The molecule has 0 saturated heterocycles. The Bertz CT molecular complexity index is 545. The molecule has 0 amide bonds. The van der Waals surface area contributed by atoms with E-state index in [1.165, 1.54) is 0 Å². The molecule has 0 aliphatic carbocycles. The lowest BCUT2D eigenvalue weighted by atomic mass is 9.96. The molecule has 2 rings (SSSR count). The summed E-state index contributed by atoms with van der Waals surface area (Å²) in [6.45, 7) is 6.19. The number of aromatic nitrogens is 4. The Labute approximate surface area is 113 Å². The average molecular weight is 316 g/mol. The van der Waals surface area contributed by atoms with Crippen LogP contribution in [-0.2, 0) is 5.41 Å². The largest absolute Gasteiger partial charge is 0.225 e. The number of rotatable bonds is 1. The molecule has 0 aromatic carbocycles. The number of halogens is 2. The topological polar surface area (TPSA) is 43.6 Å². The predicted molar refractivity (Wildman–Crippen MR) is 70.6 cm³/mol. The van der Waals surface area contributed by atoms with Gasteiger partial charge in [-0.25, -0.2) is 14.6 Å². The van der Waals surface area contributed by atoms with E-state index in [4.69, 9.17) is 11.6 Å². The van der Waals surface area contributed by atoms with E-state index in [0.29, 0.717) is 10.8 Å². The lowest BCUT2D eigenvalue weighted by Gasteiger charge is -2.17. The van der Waals surface area contributed by atoms with E-state index in [2.05, 4.69) is 51.8 Å². The molecule has 0 bridgehead atoms. The molecule has 2 aromatic heterocycles. The minimum atomic E-state index is -0.116. The molecule has 0 radical (unpaired) electrons. The van der Waals surface area contributed by atoms with Gasteiger partial charge >= 0.3 is 0 Å². The number of hydrogen-bond donors (Lipinski definition) is 0. The summed E-state index contributed by atoms with van der Waals surface area (Å²) >= 11 is 9.23. The quantitative estimate of drug-likeness (QED) is 0.758. The first kappa shape index (κ1) is 12.5. The molecule has 0 spiro atoms. The van der Waals surface area contributed by atoms with Crippen LogP contribution in [0.1, 0.15) is 26.6 Å². The van der Waals surface area contributed by atoms with Crippen molar-refractivity contribution in [2.75, 3.05) is 0 Å². The third kappa shape index (κ3) is 2.84. The summed E-state index contributed by atoms with van der Waals surface area (Å²) in [6.07, 6.45) is 3.29. The fourth-order valence-electron chi connectivity index (χ4n) is 1.28. The van der Waals surface area contributed by atoms with Crippen LogP contribution in [0.15, 0.2) is 23.1 Å². The normalized spacial score (nSPS) is 11.8. The standard InChI is InChI=1S/C11H12BrClN4/c1-11(2,3)10-15-8(12)4-9(16-10)17-6-7(13)5-14-17/h4-6H,1-3H3. The van der Waals surface area contributed by atoms with Crippen LogP contribution in [-0.4, -0.2) is 19.7 Å². The molecule has 4 nitrogen and oxygen atoms in total. The van der Waals surface area contributed by atoms with Gasteiger partial charge in [0.1, 0.15) is 10.4 Å². The Morgan fingerprint density at radius 3 is 2.53 bits per heavy atom. The summed E-state index contributed by atoms with van der Waals surface area (Å²) < 4.78 is 2.36. The van der Waals surface area contributed by atoms with Gasteiger partial charge in [0, 0.05) is 11.5 Å². The molecule has 0 N–H and O–H groups in total. The van der Waals surface area contributed by atoms with E-state index in [-0.39, 0.29) is 5.41 Å². The van der Waals surface area contributed by atoms with Crippen LogP contribution in [0, 0.1) is 0 Å². The van der Waals surface area contributed by atoms with Crippen molar-refractivity contribution in [1.82, 2.24) is 19.7 Å². The average Bonchev–Trinajstić information content (AvgIpc) is 2.62. The van der Waals surface area contributed by atoms with E-state index in [1.807, 2.05) is 0 Å². The second kappa shape index (κ2) is 4.38. The maximum atomic E-state index is 5.84. The summed E-state index contributed by atoms with van der Waals surface area (Å²) in [5.41, 5.74) is -0.116. The van der Waals surface area contributed by atoms with Gasteiger partial charge < -0.3 is 0 Å². The molecule has 2 heterocycles. The molecular formula is C11H12BrClN4. The van der Waals surface area contributed by atoms with Gasteiger partial charge in [0.25, 0.3) is 0 Å². The summed E-state index contributed by atoms with van der Waals surface area (Å²) in [5.74, 6) is 1.46. The molecule has 0 aliphatic heterocycles. The van der Waals surface area contributed by atoms with Gasteiger partial charge in [0.05, 0.1) is 17.4 Å². The summed E-state index contributed by atoms with van der Waals surface area (Å²) in [6, 6.07) is 1.80. The summed E-state index contributed by atoms with van der Waals surface area (Å²) in [7, 11) is 0. The van der Waals surface area contributed by atoms with Crippen molar-refractivity contribution in [3.63, 3.8) is 0 Å². The minimum absolute atomic E-state index is 0.116. The van der Waals surface area contributed by atoms with E-state index in [1.54, 1.807) is 23.1 Å². The molecule has 0 fully saturated rings. The zero-order valence-electron chi connectivity index (χ0n) is 9.78. The molecule has 0 saturated carbocycles. The van der Waals surface area contributed by atoms with Crippen LogP contribution in [0.5, 0.6) is 0 Å². The Morgan fingerprint density at radius 1 is 1.29 bits per heavy atom. The minimum Gasteiger partial charge on any atom is -0.225 e. The van der Waals surface area contributed by atoms with Gasteiger partial charge in [-0.2, -0.15) is 5.10 Å². The Hall–Kier alpha value is -0.940. The molecule has 2 aromatic rings. The lowest BCUT2D eigenvalue weighted by molar-refractivity contribution is 0.540. The summed E-state index contributed by atoms with van der Waals surface area (Å²) in [4.78, 5) is 8.86. The SMILES string of the molecule is CC(C)(C)c1nc(Br)cc(-n2cc(Cl)cn2)n1. The predicted octanol–water partition coefficient (Wildman–Crippen LogP) is 3.38. The Balaban J connectivity index is 2.52. The fourth-order valence-corrected chi connectivity index (χ4v) is 1.79. The molecule has 6 heteroatoms.